The summed E-state index contributed by atoms with van der Waals surface area (Å²) in [5, 5.41) is 0. The van der Waals surface area contributed by atoms with E-state index in [1.165, 1.54) is 0 Å². The molecule has 4 heteroatoms. The third kappa shape index (κ3) is 3.40. The minimum atomic E-state index is 0. The number of nitrogens with two attached hydrogens (primary N) is 1. The van der Waals surface area contributed by atoms with Gasteiger partial charge in [-0.2, -0.15) is 0 Å². The predicted octanol–water partition coefficient (Wildman–Crippen LogP) is 0.969. The topological polar surface area (TPSA) is 38.9 Å². The Labute approximate surface area is 51.4 Å². The summed E-state index contributed by atoms with van der Waals surface area (Å²) in [5.41, 5.74) is 6.08. The van der Waals surface area contributed by atoms with E-state index >= 15 is 0 Å². The Morgan fingerprint density at radius 1 is 1.11 bits per heavy atom. The van der Waals surface area contributed by atoms with E-state index in [2.05, 4.69) is 4.98 Å². The predicted molar refractivity (Wildman–Crippen MR) is 33.7 cm³/mol. The molecule has 0 bridgehead atoms. The van der Waals surface area contributed by atoms with Crippen molar-refractivity contribution >= 4 is 5.69 Å². The van der Waals surface area contributed by atoms with Crippen LogP contribution in [0.15, 0.2) is 24.5 Å². The summed E-state index contributed by atoms with van der Waals surface area (Å²) in [6.45, 7) is 0. The number of aromatic nitrogens is 1. The van der Waals surface area contributed by atoms with Crippen molar-refractivity contribution in [3.8, 4) is 0 Å². The Morgan fingerprint density at radius 3 is 1.78 bits per heavy atom. The molecule has 0 aliphatic carbocycles. The number of rotatable bonds is 0. The molecule has 0 aromatic carbocycles. The van der Waals surface area contributed by atoms with E-state index in [0.29, 0.717) is 0 Å². The van der Waals surface area contributed by atoms with Crippen molar-refractivity contribution in [2.45, 2.75) is 0 Å². The SMILES string of the molecule is F.F.Nc1ccncc1. The zero-order valence-electron chi connectivity index (χ0n) is 4.65. The first-order valence-corrected chi connectivity index (χ1v) is 2.05. The molecular formula is C5H8F2N2. The molecule has 0 unspecified atom stereocenters. The maximum absolute atomic E-state index is 5.32. The van der Waals surface area contributed by atoms with Crippen LogP contribution in [0, 0.1) is 0 Å². The van der Waals surface area contributed by atoms with Crippen LogP contribution in [0.1, 0.15) is 0 Å². The van der Waals surface area contributed by atoms with Gasteiger partial charge in [-0.3, -0.25) is 14.4 Å². The maximum Gasteiger partial charge on any atom is 0.0344 e. The zero-order valence-corrected chi connectivity index (χ0v) is 4.65. The minimum Gasteiger partial charge on any atom is -0.399 e. The zero-order chi connectivity index (χ0) is 5.11. The van der Waals surface area contributed by atoms with Crippen LogP contribution in [0.5, 0.6) is 0 Å². The molecule has 0 atom stereocenters. The van der Waals surface area contributed by atoms with E-state index in [1.807, 2.05) is 0 Å². The van der Waals surface area contributed by atoms with Gasteiger partial charge in [0.25, 0.3) is 0 Å². The third-order valence-corrected chi connectivity index (χ3v) is 0.706. The molecule has 1 heterocycles. The van der Waals surface area contributed by atoms with Gasteiger partial charge in [0.2, 0.25) is 0 Å². The highest BCUT2D eigenvalue weighted by Gasteiger charge is 1.73. The summed E-state index contributed by atoms with van der Waals surface area (Å²) in [7, 11) is 0. The number of hydrogen-bond donors (Lipinski definition) is 1. The third-order valence-electron chi connectivity index (χ3n) is 0.706. The van der Waals surface area contributed by atoms with Gasteiger partial charge in [-0.1, -0.05) is 0 Å². The first-order chi connectivity index (χ1) is 3.39. The highest BCUT2D eigenvalue weighted by atomic mass is 19.0. The number of hydrogen-bond acceptors (Lipinski definition) is 2. The van der Waals surface area contributed by atoms with Gasteiger partial charge in [-0.05, 0) is 12.1 Å². The van der Waals surface area contributed by atoms with Crippen LogP contribution in [0.3, 0.4) is 0 Å². The first kappa shape index (κ1) is 10.7. The van der Waals surface area contributed by atoms with Crippen LogP contribution in [0.25, 0.3) is 0 Å². The van der Waals surface area contributed by atoms with Gasteiger partial charge in [0.1, 0.15) is 0 Å². The molecule has 52 valence electrons. The molecule has 1 aromatic heterocycles. The number of nitrogen functional groups attached to an aromatic ring is 1. The average molecular weight is 134 g/mol. The molecule has 0 fully saturated rings. The van der Waals surface area contributed by atoms with Crippen LogP contribution in [-0.4, -0.2) is 4.98 Å². The van der Waals surface area contributed by atoms with Crippen molar-refractivity contribution in [1.29, 1.82) is 0 Å². The van der Waals surface area contributed by atoms with E-state index in [0.717, 1.165) is 5.69 Å². The van der Waals surface area contributed by atoms with E-state index in [1.54, 1.807) is 24.5 Å². The molecule has 0 spiro atoms. The molecule has 1 aromatic rings. The lowest BCUT2D eigenvalue weighted by molar-refractivity contribution is 1.11. The Morgan fingerprint density at radius 2 is 1.56 bits per heavy atom. The van der Waals surface area contributed by atoms with E-state index in [4.69, 9.17) is 5.73 Å². The molecular weight excluding hydrogens is 126 g/mol. The van der Waals surface area contributed by atoms with Gasteiger partial charge in [-0.15, -0.1) is 0 Å². The van der Waals surface area contributed by atoms with Gasteiger partial charge in [0.05, 0.1) is 0 Å². The van der Waals surface area contributed by atoms with Crippen LogP contribution < -0.4 is 5.73 Å². The molecule has 0 saturated heterocycles. The molecule has 0 aliphatic rings. The molecule has 1 rings (SSSR count). The second-order valence-corrected chi connectivity index (χ2v) is 1.28. The fourth-order valence-electron chi connectivity index (χ4n) is 0.363. The second kappa shape index (κ2) is 4.96. The highest BCUT2D eigenvalue weighted by molar-refractivity contribution is 5.33. The molecule has 0 aliphatic heterocycles. The van der Waals surface area contributed by atoms with Gasteiger partial charge in [-0.25, -0.2) is 0 Å². The lowest BCUT2D eigenvalue weighted by atomic mass is 10.4. The maximum atomic E-state index is 5.32. The number of pyridine rings is 1. The van der Waals surface area contributed by atoms with Crippen molar-refractivity contribution in [1.82, 2.24) is 4.98 Å². The van der Waals surface area contributed by atoms with Gasteiger partial charge in [0.15, 0.2) is 0 Å². The number of halogens is 2. The summed E-state index contributed by atoms with van der Waals surface area (Å²) >= 11 is 0. The van der Waals surface area contributed by atoms with Gasteiger partial charge < -0.3 is 5.73 Å². The molecule has 2 nitrogen and oxygen atoms in total. The average Bonchev–Trinajstić information content (AvgIpc) is 1.69. The van der Waals surface area contributed by atoms with Gasteiger partial charge >= 0.3 is 0 Å². The van der Waals surface area contributed by atoms with Crippen molar-refractivity contribution in [2.75, 3.05) is 5.73 Å². The normalized spacial score (nSPS) is 6.67. The first-order valence-electron chi connectivity index (χ1n) is 2.05. The van der Waals surface area contributed by atoms with Crippen molar-refractivity contribution in [2.24, 2.45) is 0 Å². The number of nitrogens with zero attached hydrogens (tertiary/aromatic N) is 1. The summed E-state index contributed by atoms with van der Waals surface area (Å²) in [6, 6.07) is 3.50. The monoisotopic (exact) mass is 134 g/mol. The van der Waals surface area contributed by atoms with Crippen molar-refractivity contribution in [3.63, 3.8) is 0 Å². The Hall–Kier alpha value is -1.19. The minimum absolute atomic E-state index is 0. The molecule has 0 saturated carbocycles. The summed E-state index contributed by atoms with van der Waals surface area (Å²) in [4.78, 5) is 3.77. The van der Waals surface area contributed by atoms with Crippen LogP contribution >= 0.6 is 0 Å². The lowest BCUT2D eigenvalue weighted by Crippen LogP contribution is -1.81. The Balaban J connectivity index is 0. The highest BCUT2D eigenvalue weighted by Crippen LogP contribution is 1.92. The van der Waals surface area contributed by atoms with Crippen LogP contribution in [0.2, 0.25) is 0 Å². The number of anilines is 1. The van der Waals surface area contributed by atoms with E-state index < -0.39 is 0 Å². The Bertz CT molecular complexity index is 143. The van der Waals surface area contributed by atoms with Crippen LogP contribution in [0.4, 0.5) is 15.1 Å². The van der Waals surface area contributed by atoms with Gasteiger partial charge in [0, 0.05) is 18.1 Å². The quantitative estimate of drug-likeness (QED) is 0.574. The molecule has 9 heavy (non-hydrogen) atoms. The van der Waals surface area contributed by atoms with Crippen LogP contribution in [-0.2, 0) is 0 Å². The summed E-state index contributed by atoms with van der Waals surface area (Å²) in [5.74, 6) is 0. The largest absolute Gasteiger partial charge is 0.399 e. The smallest absolute Gasteiger partial charge is 0.0344 e. The fourth-order valence-corrected chi connectivity index (χ4v) is 0.363. The summed E-state index contributed by atoms with van der Waals surface area (Å²) < 4.78 is 0. The Kier molecular flexibility index (Phi) is 5.91. The molecule has 2 N–H and O–H groups in total. The van der Waals surface area contributed by atoms with E-state index in [-0.39, 0.29) is 9.41 Å². The van der Waals surface area contributed by atoms with Crippen molar-refractivity contribution in [3.05, 3.63) is 24.5 Å². The standard InChI is InChI=1S/C5H6N2.2FH/c6-5-1-3-7-4-2-5;;/h1-4H,(H2,6,7);2*1H. The summed E-state index contributed by atoms with van der Waals surface area (Å²) in [6.07, 6.45) is 3.32. The van der Waals surface area contributed by atoms with Crippen molar-refractivity contribution < 1.29 is 9.41 Å². The fraction of sp³-hybridized carbons (Fsp3) is 0. The molecule has 0 radical (unpaired) electrons. The molecule has 0 amide bonds. The lowest BCUT2D eigenvalue weighted by Gasteiger charge is -1.83. The van der Waals surface area contributed by atoms with E-state index in [9.17, 15) is 0 Å². The second-order valence-electron chi connectivity index (χ2n) is 1.28.